The molecule has 122 valence electrons. The van der Waals surface area contributed by atoms with E-state index in [2.05, 4.69) is 24.1 Å². The summed E-state index contributed by atoms with van der Waals surface area (Å²) in [4.78, 5) is 14.8. The lowest BCUT2D eigenvalue weighted by Crippen LogP contribution is -2.49. The van der Waals surface area contributed by atoms with Crippen LogP contribution in [0.5, 0.6) is 0 Å². The van der Waals surface area contributed by atoms with Crippen LogP contribution in [0.15, 0.2) is 24.3 Å². The number of benzene rings is 1. The van der Waals surface area contributed by atoms with Crippen molar-refractivity contribution in [3.05, 3.63) is 35.4 Å². The fourth-order valence-corrected chi connectivity index (χ4v) is 2.98. The zero-order valence-electron chi connectivity index (χ0n) is 14.0. The van der Waals surface area contributed by atoms with Gasteiger partial charge in [0.2, 0.25) is 0 Å². The molecule has 0 aromatic heterocycles. The number of hydrogen-bond donors (Lipinski definition) is 1. The van der Waals surface area contributed by atoms with Gasteiger partial charge in [-0.3, -0.25) is 9.69 Å². The van der Waals surface area contributed by atoms with Gasteiger partial charge in [-0.25, -0.2) is 0 Å². The van der Waals surface area contributed by atoms with Gasteiger partial charge in [-0.15, -0.1) is 0 Å². The average Bonchev–Trinajstić information content (AvgIpc) is 2.52. The molecule has 0 radical (unpaired) electrons. The monoisotopic (exact) mass is 304 g/mol. The largest absolute Gasteiger partial charge is 0.379 e. The van der Waals surface area contributed by atoms with Crippen molar-refractivity contribution in [2.45, 2.75) is 33.2 Å². The molecule has 0 aliphatic carbocycles. The highest BCUT2D eigenvalue weighted by Gasteiger charge is 2.22. The maximum absolute atomic E-state index is 12.4. The van der Waals surface area contributed by atoms with E-state index in [0.29, 0.717) is 18.5 Å². The Bertz CT molecular complexity index is 482. The van der Waals surface area contributed by atoms with Gasteiger partial charge in [0.05, 0.1) is 13.2 Å². The van der Waals surface area contributed by atoms with E-state index in [4.69, 9.17) is 4.74 Å². The number of nitrogens with one attached hydrogen (secondary N) is 1. The standard InChI is InChI=1S/C18H28N2O2/c1-14(2)12-16(20-8-10-22-11-9-20)13-19-18(21)17-7-5-4-6-15(17)3/h4-7,14,16H,8-13H2,1-3H3,(H,19,21). The first kappa shape index (κ1) is 17.0. The number of amides is 1. The molecule has 1 aliphatic rings. The van der Waals surface area contributed by atoms with Crippen molar-refractivity contribution in [2.75, 3.05) is 32.8 Å². The van der Waals surface area contributed by atoms with Crippen LogP contribution >= 0.6 is 0 Å². The van der Waals surface area contributed by atoms with E-state index in [1.165, 1.54) is 0 Å². The number of rotatable bonds is 6. The van der Waals surface area contributed by atoms with Crippen LogP contribution in [0, 0.1) is 12.8 Å². The van der Waals surface area contributed by atoms with E-state index in [1.807, 2.05) is 31.2 Å². The summed E-state index contributed by atoms with van der Waals surface area (Å²) in [6.07, 6.45) is 1.09. The molecule has 0 bridgehead atoms. The first-order chi connectivity index (χ1) is 10.6. The number of hydrogen-bond acceptors (Lipinski definition) is 3. The zero-order chi connectivity index (χ0) is 15.9. The predicted octanol–water partition coefficient (Wildman–Crippen LogP) is 2.47. The van der Waals surface area contributed by atoms with Crippen LogP contribution in [0.25, 0.3) is 0 Å². The molecule has 1 unspecified atom stereocenters. The van der Waals surface area contributed by atoms with Crippen LogP contribution < -0.4 is 5.32 Å². The quantitative estimate of drug-likeness (QED) is 0.878. The second-order valence-electron chi connectivity index (χ2n) is 6.46. The van der Waals surface area contributed by atoms with Crippen LogP contribution in [0.4, 0.5) is 0 Å². The van der Waals surface area contributed by atoms with E-state index >= 15 is 0 Å². The van der Waals surface area contributed by atoms with Crippen molar-refractivity contribution in [2.24, 2.45) is 5.92 Å². The molecule has 0 spiro atoms. The van der Waals surface area contributed by atoms with Gasteiger partial charge >= 0.3 is 0 Å². The van der Waals surface area contributed by atoms with Crippen LogP contribution in [0.2, 0.25) is 0 Å². The molecule has 1 amide bonds. The summed E-state index contributed by atoms with van der Waals surface area (Å²) in [5.74, 6) is 0.642. The number of carbonyl (C=O) groups is 1. The van der Waals surface area contributed by atoms with Gasteiger partial charge in [-0.2, -0.15) is 0 Å². The molecular formula is C18H28N2O2. The number of aryl methyl sites for hydroxylation is 1. The summed E-state index contributed by atoms with van der Waals surface area (Å²) in [6.45, 7) is 10.6. The lowest BCUT2D eigenvalue weighted by molar-refractivity contribution is 0.0124. The Morgan fingerprint density at radius 2 is 1.95 bits per heavy atom. The Hall–Kier alpha value is -1.39. The van der Waals surface area contributed by atoms with Crippen molar-refractivity contribution >= 4 is 5.91 Å². The third-order valence-electron chi connectivity index (χ3n) is 4.19. The van der Waals surface area contributed by atoms with Crippen molar-refractivity contribution in [1.29, 1.82) is 0 Å². The molecule has 1 aromatic carbocycles. The minimum atomic E-state index is 0.0279. The molecule has 1 fully saturated rings. The molecule has 1 N–H and O–H groups in total. The van der Waals surface area contributed by atoms with Gasteiger partial charge < -0.3 is 10.1 Å². The van der Waals surface area contributed by atoms with Gasteiger partial charge in [0.15, 0.2) is 0 Å². The summed E-state index contributed by atoms with van der Waals surface area (Å²) in [5.41, 5.74) is 1.79. The van der Waals surface area contributed by atoms with Gasteiger partial charge in [0, 0.05) is 31.2 Å². The van der Waals surface area contributed by atoms with Crippen molar-refractivity contribution in [3.63, 3.8) is 0 Å². The fourth-order valence-electron chi connectivity index (χ4n) is 2.98. The van der Waals surface area contributed by atoms with Crippen LogP contribution in [-0.4, -0.2) is 49.7 Å². The molecule has 22 heavy (non-hydrogen) atoms. The lowest BCUT2D eigenvalue weighted by Gasteiger charge is -2.35. The Morgan fingerprint density at radius 1 is 1.27 bits per heavy atom. The minimum Gasteiger partial charge on any atom is -0.379 e. The van der Waals surface area contributed by atoms with E-state index in [9.17, 15) is 4.79 Å². The van der Waals surface area contributed by atoms with Crippen LogP contribution in [-0.2, 0) is 4.74 Å². The molecule has 4 nitrogen and oxygen atoms in total. The number of carbonyl (C=O) groups excluding carboxylic acids is 1. The number of nitrogens with zero attached hydrogens (tertiary/aromatic N) is 1. The number of morpholine rings is 1. The Morgan fingerprint density at radius 3 is 2.59 bits per heavy atom. The normalized spacial score (nSPS) is 17.5. The molecule has 1 atom stereocenters. The molecule has 1 aromatic rings. The maximum Gasteiger partial charge on any atom is 0.251 e. The molecule has 4 heteroatoms. The third-order valence-corrected chi connectivity index (χ3v) is 4.19. The van der Waals surface area contributed by atoms with Crippen molar-refractivity contribution in [3.8, 4) is 0 Å². The van der Waals surface area contributed by atoms with Crippen LogP contribution in [0.1, 0.15) is 36.2 Å². The van der Waals surface area contributed by atoms with Gasteiger partial charge in [-0.05, 0) is 30.9 Å². The molecule has 1 heterocycles. The third kappa shape index (κ3) is 4.82. The predicted molar refractivity (Wildman–Crippen MR) is 89.1 cm³/mol. The first-order valence-electron chi connectivity index (χ1n) is 8.23. The summed E-state index contributed by atoms with van der Waals surface area (Å²) in [5, 5.41) is 3.12. The molecule has 2 rings (SSSR count). The Kier molecular flexibility index (Phi) is 6.40. The van der Waals surface area contributed by atoms with Gasteiger partial charge in [0.1, 0.15) is 0 Å². The van der Waals surface area contributed by atoms with Crippen LogP contribution in [0.3, 0.4) is 0 Å². The fraction of sp³-hybridized carbons (Fsp3) is 0.611. The highest BCUT2D eigenvalue weighted by Crippen LogP contribution is 2.13. The second-order valence-corrected chi connectivity index (χ2v) is 6.46. The van der Waals surface area contributed by atoms with E-state index in [0.717, 1.165) is 43.9 Å². The summed E-state index contributed by atoms with van der Waals surface area (Å²) in [7, 11) is 0. The number of ether oxygens (including phenoxy) is 1. The highest BCUT2D eigenvalue weighted by molar-refractivity contribution is 5.95. The minimum absolute atomic E-state index is 0.0279. The zero-order valence-corrected chi connectivity index (χ0v) is 14.0. The summed E-state index contributed by atoms with van der Waals surface area (Å²) in [6, 6.07) is 8.12. The lowest BCUT2D eigenvalue weighted by atomic mass is 10.0. The smallest absolute Gasteiger partial charge is 0.251 e. The summed E-state index contributed by atoms with van der Waals surface area (Å²) < 4.78 is 5.44. The molecule has 0 saturated carbocycles. The maximum atomic E-state index is 12.4. The Labute approximate surface area is 133 Å². The average molecular weight is 304 g/mol. The van der Waals surface area contributed by atoms with Crippen molar-refractivity contribution < 1.29 is 9.53 Å². The molecule has 1 saturated heterocycles. The summed E-state index contributed by atoms with van der Waals surface area (Å²) >= 11 is 0. The van der Waals surface area contributed by atoms with E-state index in [1.54, 1.807) is 0 Å². The SMILES string of the molecule is Cc1ccccc1C(=O)NCC(CC(C)C)N1CCOCC1. The Balaban J connectivity index is 1.95. The molecule has 1 aliphatic heterocycles. The highest BCUT2D eigenvalue weighted by atomic mass is 16.5. The van der Waals surface area contributed by atoms with Gasteiger partial charge in [-0.1, -0.05) is 32.0 Å². The second kappa shape index (κ2) is 8.30. The first-order valence-corrected chi connectivity index (χ1v) is 8.23. The van der Waals surface area contributed by atoms with Gasteiger partial charge in [0.25, 0.3) is 5.91 Å². The molecular weight excluding hydrogens is 276 g/mol. The van der Waals surface area contributed by atoms with E-state index in [-0.39, 0.29) is 5.91 Å². The topological polar surface area (TPSA) is 41.6 Å². The van der Waals surface area contributed by atoms with Crippen molar-refractivity contribution in [1.82, 2.24) is 10.2 Å². The van der Waals surface area contributed by atoms with E-state index < -0.39 is 0 Å².